The van der Waals surface area contributed by atoms with Crippen molar-refractivity contribution in [3.8, 4) is 0 Å². The molecule has 0 bridgehead atoms. The van der Waals surface area contributed by atoms with E-state index in [4.69, 9.17) is 5.73 Å². The van der Waals surface area contributed by atoms with Crippen molar-refractivity contribution in [3.05, 3.63) is 35.4 Å². The number of aryl methyl sites for hydroxylation is 1. The Morgan fingerprint density at radius 2 is 1.95 bits per heavy atom. The molecule has 1 aliphatic carbocycles. The third-order valence-corrected chi connectivity index (χ3v) is 4.48. The molecular formula is C17H26N2O. The Morgan fingerprint density at radius 1 is 1.30 bits per heavy atom. The Bertz CT molecular complexity index is 441. The van der Waals surface area contributed by atoms with Gasteiger partial charge in [-0.3, -0.25) is 4.79 Å². The number of nitrogens with two attached hydrogens (primary N) is 1. The predicted octanol–water partition coefficient (Wildman–Crippen LogP) is 2.94. The quantitative estimate of drug-likeness (QED) is 0.887. The van der Waals surface area contributed by atoms with Gasteiger partial charge in [-0.25, -0.2) is 0 Å². The van der Waals surface area contributed by atoms with E-state index in [-0.39, 0.29) is 17.9 Å². The number of carbonyl (C=O) groups is 1. The fourth-order valence-electron chi connectivity index (χ4n) is 3.09. The lowest BCUT2D eigenvalue weighted by Crippen LogP contribution is -2.40. The molecule has 1 saturated carbocycles. The molecule has 1 amide bonds. The monoisotopic (exact) mass is 274 g/mol. The van der Waals surface area contributed by atoms with Crippen LogP contribution in [-0.4, -0.2) is 12.5 Å². The standard InChI is InChI=1S/C17H26N2O/c1-12-7-9-14(10-8-12)13(2)19-17(20)16-6-4-3-5-15(16)11-18/h7-10,13,15-16H,3-6,11,18H2,1-2H3,(H,19,20)/t13-,15?,16?/m0/s1. The number of nitrogens with one attached hydrogen (secondary N) is 1. The highest BCUT2D eigenvalue weighted by Gasteiger charge is 2.30. The highest BCUT2D eigenvalue weighted by Crippen LogP contribution is 2.30. The molecule has 2 rings (SSSR count). The van der Waals surface area contributed by atoms with Gasteiger partial charge >= 0.3 is 0 Å². The van der Waals surface area contributed by atoms with E-state index in [0.29, 0.717) is 12.5 Å². The van der Waals surface area contributed by atoms with E-state index in [2.05, 4.69) is 36.5 Å². The third kappa shape index (κ3) is 3.60. The second-order valence-electron chi connectivity index (χ2n) is 6.03. The predicted molar refractivity (Wildman–Crippen MR) is 82.2 cm³/mol. The van der Waals surface area contributed by atoms with Gasteiger partial charge in [-0.05, 0) is 44.7 Å². The largest absolute Gasteiger partial charge is 0.349 e. The average Bonchev–Trinajstić information content (AvgIpc) is 2.47. The van der Waals surface area contributed by atoms with Crippen LogP contribution < -0.4 is 11.1 Å². The summed E-state index contributed by atoms with van der Waals surface area (Å²) in [4.78, 5) is 12.5. The Labute approximate surface area is 121 Å². The SMILES string of the molecule is Cc1ccc([C@H](C)NC(=O)C2CCCCC2CN)cc1. The van der Waals surface area contributed by atoms with Gasteiger partial charge in [0.25, 0.3) is 0 Å². The van der Waals surface area contributed by atoms with Gasteiger partial charge in [0.05, 0.1) is 6.04 Å². The van der Waals surface area contributed by atoms with Crippen LogP contribution in [-0.2, 0) is 4.79 Å². The lowest BCUT2D eigenvalue weighted by molar-refractivity contribution is -0.128. The van der Waals surface area contributed by atoms with Gasteiger partial charge in [0.1, 0.15) is 0 Å². The molecule has 0 spiro atoms. The second-order valence-corrected chi connectivity index (χ2v) is 6.03. The highest BCUT2D eigenvalue weighted by atomic mass is 16.1. The van der Waals surface area contributed by atoms with Crippen LogP contribution in [0.3, 0.4) is 0 Å². The number of benzene rings is 1. The molecule has 2 unspecified atom stereocenters. The van der Waals surface area contributed by atoms with Crippen LogP contribution in [0.25, 0.3) is 0 Å². The zero-order chi connectivity index (χ0) is 14.5. The van der Waals surface area contributed by atoms with E-state index in [1.165, 1.54) is 12.0 Å². The molecule has 110 valence electrons. The van der Waals surface area contributed by atoms with E-state index in [0.717, 1.165) is 24.8 Å². The van der Waals surface area contributed by atoms with Crippen LogP contribution in [0.2, 0.25) is 0 Å². The van der Waals surface area contributed by atoms with E-state index < -0.39 is 0 Å². The lowest BCUT2D eigenvalue weighted by atomic mass is 9.78. The topological polar surface area (TPSA) is 55.1 Å². The molecule has 1 aromatic carbocycles. The zero-order valence-corrected chi connectivity index (χ0v) is 12.6. The summed E-state index contributed by atoms with van der Waals surface area (Å²) in [5, 5.41) is 3.16. The first kappa shape index (κ1) is 15.0. The first-order valence-electron chi connectivity index (χ1n) is 7.69. The molecule has 3 atom stereocenters. The van der Waals surface area contributed by atoms with Crippen molar-refractivity contribution >= 4 is 5.91 Å². The van der Waals surface area contributed by atoms with Crippen molar-refractivity contribution in [1.82, 2.24) is 5.32 Å². The molecule has 1 fully saturated rings. The normalized spacial score (nSPS) is 24.1. The maximum atomic E-state index is 12.5. The Balaban J connectivity index is 1.97. The van der Waals surface area contributed by atoms with E-state index >= 15 is 0 Å². The third-order valence-electron chi connectivity index (χ3n) is 4.48. The van der Waals surface area contributed by atoms with Crippen LogP contribution in [0.15, 0.2) is 24.3 Å². The van der Waals surface area contributed by atoms with Crippen LogP contribution in [0.5, 0.6) is 0 Å². The number of hydrogen-bond donors (Lipinski definition) is 2. The number of amides is 1. The first-order valence-corrected chi connectivity index (χ1v) is 7.69. The molecule has 0 aliphatic heterocycles. The molecule has 0 heterocycles. The Morgan fingerprint density at radius 3 is 2.60 bits per heavy atom. The first-order chi connectivity index (χ1) is 9.61. The molecule has 0 radical (unpaired) electrons. The second kappa shape index (κ2) is 6.89. The summed E-state index contributed by atoms with van der Waals surface area (Å²) in [6, 6.07) is 8.40. The van der Waals surface area contributed by atoms with Gasteiger partial charge < -0.3 is 11.1 Å². The summed E-state index contributed by atoms with van der Waals surface area (Å²) in [5.74, 6) is 0.629. The van der Waals surface area contributed by atoms with E-state index in [1.54, 1.807) is 0 Å². The number of hydrogen-bond acceptors (Lipinski definition) is 2. The summed E-state index contributed by atoms with van der Waals surface area (Å²) in [7, 11) is 0. The van der Waals surface area contributed by atoms with Gasteiger partial charge in [0.2, 0.25) is 5.91 Å². The minimum Gasteiger partial charge on any atom is -0.349 e. The molecular weight excluding hydrogens is 248 g/mol. The summed E-state index contributed by atoms with van der Waals surface area (Å²) >= 11 is 0. The van der Waals surface area contributed by atoms with Gasteiger partial charge in [-0.2, -0.15) is 0 Å². The molecule has 0 saturated heterocycles. The molecule has 1 aromatic rings. The van der Waals surface area contributed by atoms with Crippen molar-refractivity contribution in [2.75, 3.05) is 6.54 Å². The minimum absolute atomic E-state index is 0.0588. The summed E-state index contributed by atoms with van der Waals surface area (Å²) in [6.07, 6.45) is 4.43. The molecule has 0 aromatic heterocycles. The van der Waals surface area contributed by atoms with Crippen molar-refractivity contribution in [1.29, 1.82) is 0 Å². The Kier molecular flexibility index (Phi) is 5.18. The van der Waals surface area contributed by atoms with Crippen LogP contribution >= 0.6 is 0 Å². The fraction of sp³-hybridized carbons (Fsp3) is 0.588. The fourth-order valence-corrected chi connectivity index (χ4v) is 3.09. The molecule has 1 aliphatic rings. The maximum Gasteiger partial charge on any atom is 0.223 e. The molecule has 20 heavy (non-hydrogen) atoms. The van der Waals surface area contributed by atoms with Gasteiger partial charge in [-0.1, -0.05) is 42.7 Å². The minimum atomic E-state index is 0.0588. The molecule has 3 nitrogen and oxygen atoms in total. The van der Waals surface area contributed by atoms with E-state index in [9.17, 15) is 4.79 Å². The van der Waals surface area contributed by atoms with Crippen molar-refractivity contribution in [2.24, 2.45) is 17.6 Å². The maximum absolute atomic E-state index is 12.5. The number of rotatable bonds is 4. The van der Waals surface area contributed by atoms with Crippen molar-refractivity contribution in [3.63, 3.8) is 0 Å². The van der Waals surface area contributed by atoms with Crippen molar-refractivity contribution in [2.45, 2.75) is 45.6 Å². The summed E-state index contributed by atoms with van der Waals surface area (Å²) < 4.78 is 0. The summed E-state index contributed by atoms with van der Waals surface area (Å²) in [6.45, 7) is 4.74. The van der Waals surface area contributed by atoms with Crippen LogP contribution in [0.4, 0.5) is 0 Å². The molecule has 3 N–H and O–H groups in total. The zero-order valence-electron chi connectivity index (χ0n) is 12.6. The van der Waals surface area contributed by atoms with Crippen LogP contribution in [0.1, 0.15) is 49.8 Å². The van der Waals surface area contributed by atoms with Crippen LogP contribution in [0, 0.1) is 18.8 Å². The molecule has 3 heteroatoms. The van der Waals surface area contributed by atoms with Gasteiger partial charge in [0.15, 0.2) is 0 Å². The van der Waals surface area contributed by atoms with E-state index in [1.807, 2.05) is 6.92 Å². The smallest absolute Gasteiger partial charge is 0.223 e. The van der Waals surface area contributed by atoms with Crippen molar-refractivity contribution < 1.29 is 4.79 Å². The van der Waals surface area contributed by atoms with Gasteiger partial charge in [-0.15, -0.1) is 0 Å². The highest BCUT2D eigenvalue weighted by molar-refractivity contribution is 5.79. The van der Waals surface area contributed by atoms with Gasteiger partial charge in [0, 0.05) is 5.92 Å². The Hall–Kier alpha value is -1.35. The summed E-state index contributed by atoms with van der Waals surface area (Å²) in [5.41, 5.74) is 8.21. The number of carbonyl (C=O) groups excluding carboxylic acids is 1. The lowest BCUT2D eigenvalue weighted by Gasteiger charge is -2.30. The average molecular weight is 274 g/mol.